The van der Waals surface area contributed by atoms with Gasteiger partial charge in [0.05, 0.1) is 11.5 Å². The maximum Gasteiger partial charge on any atom is 0.229 e. The lowest BCUT2D eigenvalue weighted by atomic mass is 10.2. The van der Waals surface area contributed by atoms with Gasteiger partial charge in [0.1, 0.15) is 5.82 Å². The number of aromatic nitrogens is 2. The summed E-state index contributed by atoms with van der Waals surface area (Å²) in [5.74, 6) is 1.45. The topological polar surface area (TPSA) is 84.0 Å². The van der Waals surface area contributed by atoms with E-state index in [4.69, 9.17) is 11.6 Å². The minimum absolute atomic E-state index is 0.0994. The summed E-state index contributed by atoms with van der Waals surface area (Å²) in [4.78, 5) is 8.74. The first kappa shape index (κ1) is 16.0. The van der Waals surface area contributed by atoms with Gasteiger partial charge in [0.2, 0.25) is 5.95 Å². The maximum absolute atomic E-state index is 11.5. The molecule has 1 aromatic heterocycles. The average Bonchev–Trinajstić information content (AvgIpc) is 2.80. The van der Waals surface area contributed by atoms with Crippen molar-refractivity contribution >= 4 is 38.9 Å². The van der Waals surface area contributed by atoms with Gasteiger partial charge in [0, 0.05) is 28.5 Å². The second-order valence-corrected chi connectivity index (χ2v) is 8.26. The molecule has 6 nitrogen and oxygen atoms in total. The Kier molecular flexibility index (Phi) is 4.41. The number of hydrogen-bond acceptors (Lipinski definition) is 6. The molecule has 8 heteroatoms. The smallest absolute Gasteiger partial charge is 0.229 e. The normalized spacial score (nSPS) is 19.5. The van der Waals surface area contributed by atoms with E-state index < -0.39 is 9.84 Å². The Morgan fingerprint density at radius 3 is 2.61 bits per heavy atom. The number of rotatable bonds is 4. The fourth-order valence-corrected chi connectivity index (χ4v) is 4.28. The fourth-order valence-electron chi connectivity index (χ4n) is 2.48. The molecule has 2 heterocycles. The number of nitrogens with zero attached hydrogens (tertiary/aromatic N) is 2. The van der Waals surface area contributed by atoms with E-state index >= 15 is 0 Å². The van der Waals surface area contributed by atoms with Crippen molar-refractivity contribution in [3.63, 3.8) is 0 Å². The van der Waals surface area contributed by atoms with Crippen LogP contribution in [0.4, 0.5) is 17.5 Å². The molecule has 0 aliphatic carbocycles. The van der Waals surface area contributed by atoms with Crippen LogP contribution in [0.5, 0.6) is 0 Å². The number of aryl methyl sites for hydroxylation is 1. The number of hydrogen-bond donors (Lipinski definition) is 2. The Bertz CT molecular complexity index is 809. The molecule has 0 amide bonds. The van der Waals surface area contributed by atoms with Gasteiger partial charge in [-0.15, -0.1) is 0 Å². The predicted molar refractivity (Wildman–Crippen MR) is 92.2 cm³/mol. The van der Waals surface area contributed by atoms with Gasteiger partial charge in [-0.3, -0.25) is 0 Å². The van der Waals surface area contributed by atoms with E-state index in [0.29, 0.717) is 23.2 Å². The van der Waals surface area contributed by atoms with Gasteiger partial charge in [-0.1, -0.05) is 11.6 Å². The number of benzene rings is 1. The molecule has 1 aromatic carbocycles. The van der Waals surface area contributed by atoms with E-state index in [1.807, 2.05) is 19.1 Å². The molecule has 1 unspecified atom stereocenters. The molecule has 2 N–H and O–H groups in total. The molecule has 122 valence electrons. The maximum atomic E-state index is 11.5. The summed E-state index contributed by atoms with van der Waals surface area (Å²) >= 11 is 5.87. The van der Waals surface area contributed by atoms with Crippen LogP contribution < -0.4 is 10.6 Å². The Balaban J connectivity index is 1.75. The number of anilines is 3. The Labute approximate surface area is 140 Å². The van der Waals surface area contributed by atoms with Gasteiger partial charge < -0.3 is 10.6 Å². The number of halogens is 1. The summed E-state index contributed by atoms with van der Waals surface area (Å²) in [6.45, 7) is 1.87. The molecular weight excluding hydrogens is 336 g/mol. The molecule has 1 atom stereocenters. The highest BCUT2D eigenvalue weighted by Gasteiger charge is 2.28. The Morgan fingerprint density at radius 1 is 1.22 bits per heavy atom. The molecule has 0 spiro atoms. The van der Waals surface area contributed by atoms with Crippen LogP contribution in [0.1, 0.15) is 12.1 Å². The van der Waals surface area contributed by atoms with Crippen LogP contribution in [-0.4, -0.2) is 35.9 Å². The first-order valence-electron chi connectivity index (χ1n) is 7.25. The third-order valence-corrected chi connectivity index (χ3v) is 5.56. The zero-order valence-electron chi connectivity index (χ0n) is 12.6. The lowest BCUT2D eigenvalue weighted by Gasteiger charge is -2.13. The SMILES string of the molecule is Cc1cc(NC2CCS(=O)(=O)C2)nc(Nc2ccc(Cl)cc2)n1. The minimum atomic E-state index is -2.92. The highest BCUT2D eigenvalue weighted by Crippen LogP contribution is 2.20. The molecule has 1 fully saturated rings. The van der Waals surface area contributed by atoms with Crippen molar-refractivity contribution in [3.8, 4) is 0 Å². The molecule has 1 aliphatic heterocycles. The van der Waals surface area contributed by atoms with Gasteiger partial charge >= 0.3 is 0 Å². The second kappa shape index (κ2) is 6.33. The summed E-state index contributed by atoms with van der Waals surface area (Å²) in [7, 11) is -2.92. The molecular formula is C15H17ClN4O2S. The number of sulfone groups is 1. The predicted octanol–water partition coefficient (Wildman–Crippen LogP) is 2.78. The lowest BCUT2D eigenvalue weighted by Crippen LogP contribution is -2.21. The first-order valence-corrected chi connectivity index (χ1v) is 9.45. The van der Waals surface area contributed by atoms with Crippen LogP contribution in [-0.2, 0) is 9.84 Å². The van der Waals surface area contributed by atoms with E-state index in [9.17, 15) is 8.42 Å². The fraction of sp³-hybridized carbons (Fsp3) is 0.333. The summed E-state index contributed by atoms with van der Waals surface area (Å²) in [6, 6.07) is 8.94. The van der Waals surface area contributed by atoms with E-state index in [1.54, 1.807) is 18.2 Å². The van der Waals surface area contributed by atoms with E-state index in [-0.39, 0.29) is 17.5 Å². The molecule has 1 aliphatic rings. The third kappa shape index (κ3) is 4.33. The quantitative estimate of drug-likeness (QED) is 0.880. The van der Waals surface area contributed by atoms with Gasteiger partial charge in [0.15, 0.2) is 9.84 Å². The van der Waals surface area contributed by atoms with Crippen molar-refractivity contribution < 1.29 is 8.42 Å². The van der Waals surface area contributed by atoms with E-state index in [2.05, 4.69) is 20.6 Å². The van der Waals surface area contributed by atoms with Gasteiger partial charge in [-0.25, -0.2) is 13.4 Å². The molecule has 1 saturated heterocycles. The highest BCUT2D eigenvalue weighted by atomic mass is 35.5. The lowest BCUT2D eigenvalue weighted by molar-refractivity contribution is 0.602. The zero-order valence-corrected chi connectivity index (χ0v) is 14.2. The summed E-state index contributed by atoms with van der Waals surface area (Å²) < 4.78 is 23.1. The van der Waals surface area contributed by atoms with E-state index in [1.165, 1.54) is 0 Å². The number of nitrogens with one attached hydrogen (secondary N) is 2. The Hall–Kier alpha value is -1.86. The van der Waals surface area contributed by atoms with E-state index in [0.717, 1.165) is 11.4 Å². The van der Waals surface area contributed by atoms with Crippen LogP contribution in [0.25, 0.3) is 0 Å². The van der Waals surface area contributed by atoms with Crippen LogP contribution in [0.2, 0.25) is 5.02 Å². The largest absolute Gasteiger partial charge is 0.366 e. The van der Waals surface area contributed by atoms with Crippen molar-refractivity contribution in [3.05, 3.63) is 41.0 Å². The van der Waals surface area contributed by atoms with Crippen molar-refractivity contribution in [2.75, 3.05) is 22.1 Å². The van der Waals surface area contributed by atoms with Gasteiger partial charge in [-0.2, -0.15) is 4.98 Å². The Morgan fingerprint density at radius 2 is 1.96 bits per heavy atom. The van der Waals surface area contributed by atoms with Crippen LogP contribution in [0.15, 0.2) is 30.3 Å². The molecule has 3 rings (SSSR count). The monoisotopic (exact) mass is 352 g/mol. The molecule has 2 aromatic rings. The third-order valence-electron chi connectivity index (χ3n) is 3.54. The van der Waals surface area contributed by atoms with Gasteiger partial charge in [0.25, 0.3) is 0 Å². The highest BCUT2D eigenvalue weighted by molar-refractivity contribution is 7.91. The average molecular weight is 353 g/mol. The van der Waals surface area contributed by atoms with Crippen molar-refractivity contribution in [1.29, 1.82) is 0 Å². The summed E-state index contributed by atoms with van der Waals surface area (Å²) in [6.07, 6.45) is 0.603. The summed E-state index contributed by atoms with van der Waals surface area (Å²) in [5, 5.41) is 6.95. The summed E-state index contributed by atoms with van der Waals surface area (Å²) in [5.41, 5.74) is 1.62. The molecule has 0 saturated carbocycles. The van der Waals surface area contributed by atoms with Gasteiger partial charge in [-0.05, 0) is 37.6 Å². The minimum Gasteiger partial charge on any atom is -0.366 e. The van der Waals surface area contributed by atoms with Crippen molar-refractivity contribution in [1.82, 2.24) is 9.97 Å². The van der Waals surface area contributed by atoms with Crippen molar-refractivity contribution in [2.45, 2.75) is 19.4 Å². The molecule has 0 radical (unpaired) electrons. The standard InChI is InChI=1S/C15H17ClN4O2S/c1-10-8-14(18-13-6-7-23(21,22)9-13)20-15(17-10)19-12-4-2-11(16)3-5-12/h2-5,8,13H,6-7,9H2,1H3,(H2,17,18,19,20). The van der Waals surface area contributed by atoms with Crippen LogP contribution in [0.3, 0.4) is 0 Å². The first-order chi connectivity index (χ1) is 10.9. The van der Waals surface area contributed by atoms with Crippen LogP contribution >= 0.6 is 11.6 Å². The van der Waals surface area contributed by atoms with Crippen molar-refractivity contribution in [2.24, 2.45) is 0 Å². The second-order valence-electron chi connectivity index (χ2n) is 5.59. The van der Waals surface area contributed by atoms with Crippen LogP contribution in [0, 0.1) is 6.92 Å². The molecule has 23 heavy (non-hydrogen) atoms. The zero-order chi connectivity index (χ0) is 16.4. The molecule has 0 bridgehead atoms.